The topological polar surface area (TPSA) is 69.4 Å². The Morgan fingerprint density at radius 2 is 1.65 bits per heavy atom. The zero-order valence-electron chi connectivity index (χ0n) is 17.8. The van der Waals surface area contributed by atoms with Crippen molar-refractivity contribution in [3.8, 4) is 22.6 Å². The Morgan fingerprint density at radius 1 is 0.935 bits per heavy atom. The second-order valence-electron chi connectivity index (χ2n) is 7.40. The van der Waals surface area contributed by atoms with Crippen LogP contribution in [0.5, 0.6) is 11.5 Å². The quantitative estimate of drug-likeness (QED) is 0.357. The van der Waals surface area contributed by atoms with Gasteiger partial charge >= 0.3 is 0 Å². The molecule has 31 heavy (non-hydrogen) atoms. The van der Waals surface area contributed by atoms with Gasteiger partial charge in [0.05, 0.1) is 36.0 Å². The largest absolute Gasteiger partial charge is 0.497 e. The maximum Gasteiger partial charge on any atom is 0.129 e. The Hall–Kier alpha value is -2.93. The molecule has 0 bridgehead atoms. The highest BCUT2D eigenvalue weighted by Crippen LogP contribution is 2.34. The normalized spacial score (nSPS) is 12.1. The molecule has 0 spiro atoms. The van der Waals surface area contributed by atoms with Crippen molar-refractivity contribution in [1.82, 2.24) is 9.69 Å². The summed E-state index contributed by atoms with van der Waals surface area (Å²) in [5, 5.41) is 4.53. The van der Waals surface area contributed by atoms with Crippen LogP contribution >= 0.6 is 11.5 Å². The van der Waals surface area contributed by atoms with E-state index in [1.54, 1.807) is 14.2 Å². The van der Waals surface area contributed by atoms with E-state index in [0.717, 1.165) is 46.8 Å². The van der Waals surface area contributed by atoms with Crippen molar-refractivity contribution in [2.24, 2.45) is 5.73 Å². The first-order chi connectivity index (χ1) is 15.2. The van der Waals surface area contributed by atoms with Crippen LogP contribution in [0.4, 0.5) is 0 Å². The van der Waals surface area contributed by atoms with Crippen molar-refractivity contribution in [3.63, 3.8) is 0 Å². The smallest absolute Gasteiger partial charge is 0.129 e. The molecule has 1 aromatic heterocycles. The fourth-order valence-electron chi connectivity index (χ4n) is 3.63. The van der Waals surface area contributed by atoms with E-state index < -0.39 is 0 Å². The monoisotopic (exact) mass is 433 g/mol. The molecule has 5 nitrogen and oxygen atoms in total. The Bertz CT molecular complexity index is 1120. The summed E-state index contributed by atoms with van der Waals surface area (Å²) in [6.07, 6.45) is 0.806. The van der Waals surface area contributed by atoms with Crippen LogP contribution in [0.1, 0.15) is 23.7 Å². The first kappa shape index (κ1) is 21.3. The van der Waals surface area contributed by atoms with Crippen LogP contribution in [0.15, 0.2) is 66.7 Å². The molecule has 4 rings (SSSR count). The van der Waals surface area contributed by atoms with Crippen LogP contribution in [-0.2, 0) is 6.54 Å². The van der Waals surface area contributed by atoms with E-state index in [2.05, 4.69) is 52.2 Å². The van der Waals surface area contributed by atoms with E-state index in [1.807, 2.05) is 24.3 Å². The van der Waals surface area contributed by atoms with Crippen molar-refractivity contribution in [2.45, 2.75) is 19.0 Å². The molecule has 3 N–H and O–H groups in total. The lowest BCUT2D eigenvalue weighted by Gasteiger charge is -2.12. The van der Waals surface area contributed by atoms with Crippen LogP contribution < -0.4 is 20.5 Å². The SMILES string of the molecule is COc1ccc(-c2ccc(CNCCC(N)c3nsc4cccc(OC)c34)cc2)cc1. The van der Waals surface area contributed by atoms with Gasteiger partial charge in [-0.2, -0.15) is 4.37 Å². The molecule has 0 aliphatic rings. The Morgan fingerprint density at radius 3 is 2.32 bits per heavy atom. The molecule has 1 unspecified atom stereocenters. The van der Waals surface area contributed by atoms with Crippen LogP contribution in [0.25, 0.3) is 21.2 Å². The second-order valence-corrected chi connectivity index (χ2v) is 8.20. The number of methoxy groups -OCH3 is 2. The molecule has 0 fully saturated rings. The Labute approximate surface area is 187 Å². The summed E-state index contributed by atoms with van der Waals surface area (Å²) in [5.74, 6) is 1.70. The minimum atomic E-state index is -0.130. The summed E-state index contributed by atoms with van der Waals surface area (Å²) in [6, 6.07) is 22.6. The Balaban J connectivity index is 1.30. The number of nitrogens with zero attached hydrogens (tertiary/aromatic N) is 1. The van der Waals surface area contributed by atoms with Gasteiger partial charge in [-0.15, -0.1) is 0 Å². The number of hydrogen-bond donors (Lipinski definition) is 2. The zero-order chi connectivity index (χ0) is 21.6. The minimum absolute atomic E-state index is 0.130. The van der Waals surface area contributed by atoms with Gasteiger partial charge in [-0.05, 0) is 65.5 Å². The van der Waals surface area contributed by atoms with E-state index in [-0.39, 0.29) is 6.04 Å². The van der Waals surface area contributed by atoms with Crippen molar-refractivity contribution in [2.75, 3.05) is 20.8 Å². The first-order valence-electron chi connectivity index (χ1n) is 10.3. The van der Waals surface area contributed by atoms with Crippen LogP contribution in [-0.4, -0.2) is 25.1 Å². The molecular weight excluding hydrogens is 406 g/mol. The minimum Gasteiger partial charge on any atom is -0.497 e. The number of rotatable bonds is 9. The molecule has 0 radical (unpaired) electrons. The number of hydrogen-bond acceptors (Lipinski definition) is 6. The third-order valence-electron chi connectivity index (χ3n) is 5.40. The van der Waals surface area contributed by atoms with Gasteiger partial charge in [-0.25, -0.2) is 0 Å². The molecule has 0 saturated heterocycles. The standard InChI is InChI=1S/C25H27N3O2S/c1-29-20-12-10-19(11-13-20)18-8-6-17(7-9-18)16-27-15-14-21(26)25-24-22(30-2)4-3-5-23(24)31-28-25/h3-13,21,27H,14-16,26H2,1-2H3. The van der Waals surface area contributed by atoms with Crippen molar-refractivity contribution in [1.29, 1.82) is 0 Å². The van der Waals surface area contributed by atoms with Gasteiger partial charge in [0.1, 0.15) is 11.5 Å². The average Bonchev–Trinajstić information content (AvgIpc) is 3.27. The molecule has 1 heterocycles. The maximum absolute atomic E-state index is 6.45. The second kappa shape index (κ2) is 9.92. The van der Waals surface area contributed by atoms with Gasteiger partial charge in [0.2, 0.25) is 0 Å². The van der Waals surface area contributed by atoms with Gasteiger partial charge in [0.25, 0.3) is 0 Å². The lowest BCUT2D eigenvalue weighted by Crippen LogP contribution is -2.21. The fraction of sp³-hybridized carbons (Fsp3) is 0.240. The van der Waals surface area contributed by atoms with Crippen molar-refractivity contribution in [3.05, 3.63) is 78.0 Å². The lowest BCUT2D eigenvalue weighted by molar-refractivity contribution is 0.415. The molecule has 0 aliphatic heterocycles. The molecule has 0 aliphatic carbocycles. The van der Waals surface area contributed by atoms with Gasteiger partial charge in [-0.3, -0.25) is 0 Å². The van der Waals surface area contributed by atoms with E-state index in [4.69, 9.17) is 15.2 Å². The van der Waals surface area contributed by atoms with E-state index in [1.165, 1.54) is 28.2 Å². The molecule has 1 atom stereocenters. The van der Waals surface area contributed by atoms with Crippen LogP contribution in [0, 0.1) is 0 Å². The third kappa shape index (κ3) is 4.88. The molecule has 160 valence electrons. The van der Waals surface area contributed by atoms with E-state index in [9.17, 15) is 0 Å². The van der Waals surface area contributed by atoms with Gasteiger partial charge in [0.15, 0.2) is 0 Å². The van der Waals surface area contributed by atoms with Gasteiger partial charge < -0.3 is 20.5 Å². The number of aromatic nitrogens is 1. The van der Waals surface area contributed by atoms with Crippen LogP contribution in [0.3, 0.4) is 0 Å². The third-order valence-corrected chi connectivity index (χ3v) is 6.22. The first-order valence-corrected chi connectivity index (χ1v) is 11.1. The zero-order valence-corrected chi connectivity index (χ0v) is 18.6. The highest BCUT2D eigenvalue weighted by molar-refractivity contribution is 7.13. The lowest BCUT2D eigenvalue weighted by atomic mass is 10.0. The molecular formula is C25H27N3O2S. The Kier molecular flexibility index (Phi) is 6.82. The number of nitrogens with two attached hydrogens (primary N) is 1. The summed E-state index contributed by atoms with van der Waals surface area (Å²) in [4.78, 5) is 0. The molecule has 3 aromatic carbocycles. The average molecular weight is 434 g/mol. The summed E-state index contributed by atoms with van der Waals surface area (Å²) in [7, 11) is 3.36. The maximum atomic E-state index is 6.45. The van der Waals surface area contributed by atoms with Gasteiger partial charge in [-0.1, -0.05) is 42.5 Å². The predicted molar refractivity (Wildman–Crippen MR) is 128 cm³/mol. The molecule has 0 amide bonds. The number of benzene rings is 3. The van der Waals surface area contributed by atoms with Crippen molar-refractivity contribution >= 4 is 21.6 Å². The van der Waals surface area contributed by atoms with Crippen molar-refractivity contribution < 1.29 is 9.47 Å². The number of fused-ring (bicyclic) bond motifs is 1. The van der Waals surface area contributed by atoms with Gasteiger partial charge in [0, 0.05) is 6.54 Å². The van der Waals surface area contributed by atoms with Crippen LogP contribution in [0.2, 0.25) is 0 Å². The molecule has 4 aromatic rings. The summed E-state index contributed by atoms with van der Waals surface area (Å²) in [5.41, 5.74) is 11.0. The molecule has 0 saturated carbocycles. The fourth-order valence-corrected chi connectivity index (χ4v) is 4.49. The van der Waals surface area contributed by atoms with E-state index in [0.29, 0.717) is 0 Å². The number of ether oxygens (including phenoxy) is 2. The number of nitrogens with one attached hydrogen (secondary N) is 1. The highest BCUT2D eigenvalue weighted by Gasteiger charge is 2.17. The molecule has 6 heteroatoms. The summed E-state index contributed by atoms with van der Waals surface area (Å²) >= 11 is 1.47. The summed E-state index contributed by atoms with van der Waals surface area (Å²) < 4.78 is 16.4. The summed E-state index contributed by atoms with van der Waals surface area (Å²) in [6.45, 7) is 1.62. The highest BCUT2D eigenvalue weighted by atomic mass is 32.1. The van der Waals surface area contributed by atoms with E-state index >= 15 is 0 Å². The predicted octanol–water partition coefficient (Wildman–Crippen LogP) is 5.16.